The molecule has 2 aromatic carbocycles. The average molecular weight is 620 g/mol. The molecule has 1 aliphatic heterocycles. The number of aliphatic hydroxyl groups excluding tert-OH is 1. The van der Waals surface area contributed by atoms with E-state index in [-0.39, 0.29) is 28.2 Å². The van der Waals surface area contributed by atoms with Crippen molar-refractivity contribution < 1.29 is 23.9 Å². The number of pyridine rings is 1. The minimum absolute atomic E-state index is 0.0245. The van der Waals surface area contributed by atoms with Gasteiger partial charge in [-0.1, -0.05) is 42.3 Å². The maximum atomic E-state index is 14.7. The quantitative estimate of drug-likeness (QED) is 0.246. The second-order valence-electron chi connectivity index (χ2n) is 10.8. The summed E-state index contributed by atoms with van der Waals surface area (Å²) in [5, 5.41) is 26.2. The number of carbonyl (C=O) groups excluding carboxylic acids is 3. The first-order chi connectivity index (χ1) is 21.0. The molecule has 0 spiro atoms. The number of anilines is 2. The summed E-state index contributed by atoms with van der Waals surface area (Å²) in [6, 6.07) is 12.6. The highest BCUT2D eigenvalue weighted by molar-refractivity contribution is 6.30. The number of benzene rings is 2. The Labute approximate surface area is 257 Å². The molecule has 5 rings (SSSR count). The lowest BCUT2D eigenvalue weighted by molar-refractivity contribution is -0.123. The summed E-state index contributed by atoms with van der Waals surface area (Å²) in [5.74, 6) is -2.30. The second-order valence-corrected chi connectivity index (χ2v) is 11.2. The summed E-state index contributed by atoms with van der Waals surface area (Å²) >= 11 is 5.94. The zero-order valence-corrected chi connectivity index (χ0v) is 25.0. The number of aliphatic hydroxyl groups is 1. The smallest absolute Gasteiger partial charge is 0.274 e. The Morgan fingerprint density at radius 2 is 1.98 bits per heavy atom. The van der Waals surface area contributed by atoms with E-state index >= 15 is 0 Å². The van der Waals surface area contributed by atoms with E-state index in [1.807, 2.05) is 13.0 Å². The van der Waals surface area contributed by atoms with E-state index in [1.165, 1.54) is 23.7 Å². The van der Waals surface area contributed by atoms with E-state index in [0.29, 0.717) is 47.6 Å². The number of hydrogen-bond acceptors (Lipinski definition) is 7. The predicted octanol–water partition coefficient (Wildman–Crippen LogP) is 4.98. The molecule has 13 heteroatoms. The molecule has 2 bridgehead atoms. The molecule has 4 N–H and O–H groups in total. The molecule has 0 saturated carbocycles. The minimum atomic E-state index is -1.20. The van der Waals surface area contributed by atoms with Crippen LogP contribution in [0.5, 0.6) is 0 Å². The normalized spacial score (nSPS) is 17.4. The van der Waals surface area contributed by atoms with Gasteiger partial charge in [-0.05, 0) is 68.7 Å². The lowest BCUT2D eigenvalue weighted by atomic mass is 9.95. The maximum Gasteiger partial charge on any atom is 0.274 e. The van der Waals surface area contributed by atoms with Gasteiger partial charge >= 0.3 is 0 Å². The Kier molecular flexibility index (Phi) is 9.02. The monoisotopic (exact) mass is 619 g/mol. The van der Waals surface area contributed by atoms with E-state index in [2.05, 4.69) is 31.2 Å². The van der Waals surface area contributed by atoms with Gasteiger partial charge in [0, 0.05) is 23.4 Å². The molecule has 4 aromatic rings. The van der Waals surface area contributed by atoms with Gasteiger partial charge in [0.25, 0.3) is 11.8 Å². The van der Waals surface area contributed by atoms with Crippen molar-refractivity contribution in [2.24, 2.45) is 5.92 Å². The van der Waals surface area contributed by atoms with Crippen LogP contribution in [0.1, 0.15) is 61.0 Å². The SMILES string of the molecule is Cc1c(C(=O)NC2CCCC(C)C(=O)Nc3cc(NC(=O)C(C)O)ccc3-c3ccnc2c3)nnn1-c1cccc(Cl)c1F. The third-order valence-electron chi connectivity index (χ3n) is 7.53. The van der Waals surface area contributed by atoms with Gasteiger partial charge in [0.15, 0.2) is 11.5 Å². The van der Waals surface area contributed by atoms with Gasteiger partial charge in [0.05, 0.1) is 28.1 Å². The first kappa shape index (κ1) is 30.8. The van der Waals surface area contributed by atoms with Gasteiger partial charge in [-0.2, -0.15) is 0 Å². The number of nitrogens with zero attached hydrogens (tertiary/aromatic N) is 4. The number of aromatic nitrogens is 4. The highest BCUT2D eigenvalue weighted by Crippen LogP contribution is 2.34. The number of fused-ring (bicyclic) bond motifs is 4. The molecule has 3 heterocycles. The molecule has 0 saturated heterocycles. The third-order valence-corrected chi connectivity index (χ3v) is 7.82. The summed E-state index contributed by atoms with van der Waals surface area (Å²) in [6.45, 7) is 4.80. The van der Waals surface area contributed by atoms with Crippen molar-refractivity contribution in [3.63, 3.8) is 0 Å². The van der Waals surface area contributed by atoms with E-state index < -0.39 is 29.8 Å². The van der Waals surface area contributed by atoms with E-state index in [4.69, 9.17) is 11.6 Å². The second kappa shape index (κ2) is 12.9. The van der Waals surface area contributed by atoms with Gasteiger partial charge in [-0.25, -0.2) is 9.07 Å². The van der Waals surface area contributed by atoms with Crippen LogP contribution in [0.4, 0.5) is 15.8 Å². The summed E-state index contributed by atoms with van der Waals surface area (Å²) in [5.41, 5.74) is 3.31. The molecule has 11 nitrogen and oxygen atoms in total. The highest BCUT2D eigenvalue weighted by atomic mass is 35.5. The number of amides is 3. The fourth-order valence-electron chi connectivity index (χ4n) is 4.99. The molecule has 0 aliphatic carbocycles. The van der Waals surface area contributed by atoms with Crippen LogP contribution in [-0.2, 0) is 9.59 Å². The average Bonchev–Trinajstić information content (AvgIpc) is 3.38. The fraction of sp³-hybridized carbons (Fsp3) is 0.290. The van der Waals surface area contributed by atoms with Crippen molar-refractivity contribution in [3.05, 3.63) is 82.6 Å². The van der Waals surface area contributed by atoms with Crippen molar-refractivity contribution in [2.75, 3.05) is 10.6 Å². The first-order valence-electron chi connectivity index (χ1n) is 14.1. The summed E-state index contributed by atoms with van der Waals surface area (Å²) < 4.78 is 15.9. The maximum absolute atomic E-state index is 14.7. The molecule has 0 radical (unpaired) electrons. The lowest BCUT2D eigenvalue weighted by Gasteiger charge is -2.22. The van der Waals surface area contributed by atoms with Crippen LogP contribution in [0.25, 0.3) is 16.8 Å². The Balaban J connectivity index is 1.48. The van der Waals surface area contributed by atoms with Gasteiger partial charge in [-0.3, -0.25) is 19.4 Å². The van der Waals surface area contributed by atoms with E-state index in [1.54, 1.807) is 43.5 Å². The number of rotatable bonds is 5. The lowest BCUT2D eigenvalue weighted by Crippen LogP contribution is -2.30. The Bertz CT molecular complexity index is 1740. The van der Waals surface area contributed by atoms with Crippen molar-refractivity contribution in [1.29, 1.82) is 0 Å². The topological polar surface area (TPSA) is 151 Å². The van der Waals surface area contributed by atoms with Crippen LogP contribution in [0.15, 0.2) is 54.7 Å². The number of halogens is 2. The van der Waals surface area contributed by atoms with E-state index in [9.17, 15) is 23.9 Å². The summed E-state index contributed by atoms with van der Waals surface area (Å²) in [6.07, 6.45) is 2.05. The predicted molar refractivity (Wildman–Crippen MR) is 163 cm³/mol. The molecule has 44 heavy (non-hydrogen) atoms. The molecule has 1 aliphatic rings. The zero-order chi connectivity index (χ0) is 31.5. The van der Waals surface area contributed by atoms with Crippen molar-refractivity contribution >= 4 is 40.7 Å². The minimum Gasteiger partial charge on any atom is -0.384 e. The molecular weight excluding hydrogens is 589 g/mol. The van der Waals surface area contributed by atoms with Crippen molar-refractivity contribution in [3.8, 4) is 16.8 Å². The Morgan fingerprint density at radius 1 is 1.18 bits per heavy atom. The van der Waals surface area contributed by atoms with Gasteiger partial charge in [0.2, 0.25) is 5.91 Å². The molecule has 3 amide bonds. The molecule has 3 unspecified atom stereocenters. The Hall–Kier alpha value is -4.68. The van der Waals surface area contributed by atoms with Crippen LogP contribution in [-0.4, -0.2) is 48.9 Å². The fourth-order valence-corrected chi connectivity index (χ4v) is 5.16. The number of carbonyl (C=O) groups is 3. The standard InChI is InChI=1S/C31H31ClFN7O4/c1-16-6-4-8-23(36-31(44)28-17(2)40(39-38-28)26-9-5-7-22(32)27(26)33)25-14-19(12-13-34-25)21-11-10-20(35-30(43)18(3)41)15-24(21)37-29(16)42/h5,7,9-16,18,23,41H,4,6,8H2,1-3H3,(H,35,43)(H,36,44)(H,37,42). The van der Waals surface area contributed by atoms with Gasteiger partial charge < -0.3 is 21.1 Å². The van der Waals surface area contributed by atoms with Crippen molar-refractivity contribution in [2.45, 2.75) is 52.2 Å². The number of hydrogen-bond donors (Lipinski definition) is 4. The van der Waals surface area contributed by atoms with Crippen molar-refractivity contribution in [1.82, 2.24) is 25.3 Å². The van der Waals surface area contributed by atoms with Gasteiger partial charge in [-0.15, -0.1) is 5.10 Å². The molecule has 0 fully saturated rings. The van der Waals surface area contributed by atoms with Gasteiger partial charge in [0.1, 0.15) is 11.8 Å². The van der Waals surface area contributed by atoms with Crippen LogP contribution >= 0.6 is 11.6 Å². The molecular formula is C31H31ClFN7O4. The summed E-state index contributed by atoms with van der Waals surface area (Å²) in [7, 11) is 0. The first-order valence-corrected chi connectivity index (χ1v) is 14.5. The molecule has 3 atom stereocenters. The molecule has 228 valence electrons. The third kappa shape index (κ3) is 6.46. The summed E-state index contributed by atoms with van der Waals surface area (Å²) in [4.78, 5) is 43.3. The van der Waals surface area contributed by atoms with E-state index in [0.717, 1.165) is 5.56 Å². The zero-order valence-electron chi connectivity index (χ0n) is 24.3. The molecule has 2 aromatic heterocycles. The van der Waals surface area contributed by atoms with Crippen LogP contribution < -0.4 is 16.0 Å². The Morgan fingerprint density at radius 3 is 2.75 bits per heavy atom. The van der Waals surface area contributed by atoms with Crippen LogP contribution in [0.2, 0.25) is 5.02 Å². The largest absolute Gasteiger partial charge is 0.384 e. The van der Waals surface area contributed by atoms with Crippen LogP contribution in [0, 0.1) is 18.7 Å². The van der Waals surface area contributed by atoms with Crippen LogP contribution in [0.3, 0.4) is 0 Å². The number of nitrogens with one attached hydrogen (secondary N) is 3. The highest BCUT2D eigenvalue weighted by Gasteiger charge is 2.25.